The van der Waals surface area contributed by atoms with Gasteiger partial charge in [0.1, 0.15) is 17.4 Å². The highest BCUT2D eigenvalue weighted by atomic mass is 16.5. The first-order valence-electron chi connectivity index (χ1n) is 19.5. The molecule has 2 N–H and O–H groups in total. The van der Waals surface area contributed by atoms with E-state index in [4.69, 9.17) is 4.74 Å². The molecule has 0 spiro atoms. The fourth-order valence-corrected chi connectivity index (χ4v) is 8.86. The Balaban J connectivity index is 0.788. The lowest BCUT2D eigenvalue weighted by atomic mass is 9.95. The Hall–Kier alpha value is -5.83. The summed E-state index contributed by atoms with van der Waals surface area (Å²) < 4.78 is 7.70. The summed E-state index contributed by atoms with van der Waals surface area (Å²) in [6.45, 7) is 11.3. The van der Waals surface area contributed by atoms with Crippen molar-refractivity contribution in [2.24, 2.45) is 5.92 Å². The predicted octanol–water partition coefficient (Wildman–Crippen LogP) is 3.39. The lowest BCUT2D eigenvalue weighted by Gasteiger charge is -2.45. The fraction of sp³-hybridized carbons (Fsp3) is 0.439. The van der Waals surface area contributed by atoms with Crippen molar-refractivity contribution in [2.75, 3.05) is 42.9 Å². The van der Waals surface area contributed by atoms with Gasteiger partial charge in [0.25, 0.3) is 17.7 Å². The molecule has 0 saturated carbocycles. The van der Waals surface area contributed by atoms with Crippen LogP contribution in [0.3, 0.4) is 0 Å². The highest BCUT2D eigenvalue weighted by molar-refractivity contribution is 6.09. The number of aromatic nitrogens is 3. The van der Waals surface area contributed by atoms with Crippen molar-refractivity contribution in [3.8, 4) is 5.75 Å². The predicted molar refractivity (Wildman–Crippen MR) is 205 cm³/mol. The monoisotopic (exact) mass is 759 g/mol. The zero-order valence-corrected chi connectivity index (χ0v) is 31.8. The zero-order valence-electron chi connectivity index (χ0n) is 31.8. The number of likely N-dealkylation sites (tertiary alicyclic amines) is 1. The quantitative estimate of drug-likeness (QED) is 0.242. The molecule has 1 atom stereocenters. The number of hydrogen-bond donors (Lipinski definition) is 2. The second kappa shape index (κ2) is 14.0. The fourth-order valence-electron chi connectivity index (χ4n) is 8.86. The molecular weight excluding hydrogens is 715 g/mol. The summed E-state index contributed by atoms with van der Waals surface area (Å²) in [5, 5.41) is 9.67. The number of hydrogen-bond acceptors (Lipinski definition) is 10. The number of piperidine rings is 2. The van der Waals surface area contributed by atoms with Gasteiger partial charge in [-0.25, -0.2) is 9.50 Å². The van der Waals surface area contributed by atoms with E-state index in [-0.39, 0.29) is 42.2 Å². The van der Waals surface area contributed by atoms with Crippen LogP contribution < -0.4 is 20.3 Å². The maximum atomic E-state index is 13.8. The second-order valence-corrected chi connectivity index (χ2v) is 16.1. The summed E-state index contributed by atoms with van der Waals surface area (Å²) in [4.78, 5) is 77.3. The second-order valence-electron chi connectivity index (χ2n) is 16.1. The molecule has 1 unspecified atom stereocenters. The lowest BCUT2D eigenvalue weighted by molar-refractivity contribution is -0.136. The maximum absolute atomic E-state index is 13.8. The SMILES string of the molecule is Cc1cnc2c(C(=O)Nc3cc4c(cc3OC(C)C)C(=O)N(C3CCN(CC5CN(c6ccc7c(c6)CN(C6CCC(=O)NC6=O)C7=O)C5)CC3)C4)cnn2c1. The number of fused-ring (bicyclic) bond motifs is 3. The number of nitrogens with one attached hydrogen (secondary N) is 2. The molecule has 2 aromatic heterocycles. The van der Waals surface area contributed by atoms with Crippen molar-refractivity contribution in [2.45, 2.75) is 77.7 Å². The topological polar surface area (TPSA) is 162 Å². The highest BCUT2D eigenvalue weighted by Gasteiger charge is 2.40. The summed E-state index contributed by atoms with van der Waals surface area (Å²) in [5.41, 5.74) is 6.36. The summed E-state index contributed by atoms with van der Waals surface area (Å²) in [6, 6.07) is 9.08. The largest absolute Gasteiger partial charge is 0.489 e. The number of amides is 5. The first kappa shape index (κ1) is 35.8. The number of imide groups is 1. The van der Waals surface area contributed by atoms with E-state index in [1.54, 1.807) is 21.7 Å². The van der Waals surface area contributed by atoms with E-state index in [2.05, 4.69) is 36.6 Å². The molecule has 2 aromatic carbocycles. The summed E-state index contributed by atoms with van der Waals surface area (Å²) in [6.07, 6.45) is 7.23. The number of carbonyl (C=O) groups is 5. The van der Waals surface area contributed by atoms with Gasteiger partial charge >= 0.3 is 0 Å². The third-order valence-corrected chi connectivity index (χ3v) is 11.7. The Morgan fingerprint density at radius 3 is 2.46 bits per heavy atom. The molecule has 0 radical (unpaired) electrons. The summed E-state index contributed by atoms with van der Waals surface area (Å²) >= 11 is 0. The van der Waals surface area contributed by atoms with Crippen molar-refractivity contribution in [1.29, 1.82) is 0 Å². The van der Waals surface area contributed by atoms with Crippen LogP contribution in [0, 0.1) is 12.8 Å². The van der Waals surface area contributed by atoms with Gasteiger partial charge in [-0.15, -0.1) is 0 Å². The summed E-state index contributed by atoms with van der Waals surface area (Å²) in [5.74, 6) is -0.222. The molecule has 0 aliphatic carbocycles. The molecule has 5 aliphatic heterocycles. The molecule has 5 amide bonds. The molecule has 9 rings (SSSR count). The first-order chi connectivity index (χ1) is 27.0. The Morgan fingerprint density at radius 1 is 0.946 bits per heavy atom. The van der Waals surface area contributed by atoms with E-state index in [1.807, 2.05) is 50.1 Å². The average molecular weight is 760 g/mol. The Kier molecular flexibility index (Phi) is 8.98. The van der Waals surface area contributed by atoms with Crippen LogP contribution in [0.15, 0.2) is 48.9 Å². The molecule has 5 aliphatic rings. The van der Waals surface area contributed by atoms with Crippen LogP contribution in [0.2, 0.25) is 0 Å². The minimum atomic E-state index is -0.616. The third kappa shape index (κ3) is 6.52. The Bertz CT molecular complexity index is 2290. The van der Waals surface area contributed by atoms with E-state index in [1.165, 1.54) is 6.20 Å². The van der Waals surface area contributed by atoms with Crippen LogP contribution in [-0.4, -0.2) is 110 Å². The molecule has 15 heteroatoms. The smallest absolute Gasteiger partial charge is 0.261 e. The van der Waals surface area contributed by atoms with Crippen LogP contribution in [0.25, 0.3) is 5.65 Å². The molecule has 290 valence electrons. The Labute approximate surface area is 323 Å². The minimum Gasteiger partial charge on any atom is -0.489 e. The Morgan fingerprint density at radius 2 is 1.70 bits per heavy atom. The average Bonchev–Trinajstić information content (AvgIpc) is 3.82. The molecule has 15 nitrogen and oxygen atoms in total. The van der Waals surface area contributed by atoms with Crippen LogP contribution in [0.4, 0.5) is 11.4 Å². The van der Waals surface area contributed by atoms with E-state index in [0.29, 0.717) is 59.2 Å². The number of nitrogens with zero attached hydrogens (tertiary/aromatic N) is 7. The number of benzene rings is 2. The van der Waals surface area contributed by atoms with Crippen molar-refractivity contribution in [3.63, 3.8) is 0 Å². The zero-order chi connectivity index (χ0) is 38.8. The first-order valence-corrected chi connectivity index (χ1v) is 19.5. The molecule has 3 saturated heterocycles. The van der Waals surface area contributed by atoms with Gasteiger partial charge in [0, 0.05) is 93.4 Å². The lowest BCUT2D eigenvalue weighted by Crippen LogP contribution is -2.53. The van der Waals surface area contributed by atoms with E-state index >= 15 is 0 Å². The van der Waals surface area contributed by atoms with Gasteiger partial charge in [-0.3, -0.25) is 29.3 Å². The number of ether oxygens (including phenoxy) is 1. The molecule has 7 heterocycles. The maximum Gasteiger partial charge on any atom is 0.261 e. The van der Waals surface area contributed by atoms with E-state index in [0.717, 1.165) is 67.9 Å². The van der Waals surface area contributed by atoms with Crippen molar-refractivity contribution >= 4 is 46.6 Å². The number of aryl methyl sites for hydroxylation is 1. The van der Waals surface area contributed by atoms with Gasteiger partial charge in [-0.05, 0) is 87.1 Å². The molecule has 4 aromatic rings. The standard InChI is InChI=1S/C41H45N9O6/c1-23(2)56-35-14-31-27(13-33(35)44-38(52)32-16-43-50-17-24(3)15-42-37(32)50)21-48(41(31)55)28-8-10-46(11-9-28)18-25-19-47(20-25)29-4-5-30-26(12-29)22-49(40(30)54)34-6-7-36(51)45-39(34)53/h4-5,12-17,23,25,28,34H,6-11,18-22H2,1-3H3,(H,44,52)(H,45,51,53). The van der Waals surface area contributed by atoms with Crippen LogP contribution in [0.5, 0.6) is 5.75 Å². The van der Waals surface area contributed by atoms with Gasteiger partial charge in [-0.1, -0.05) is 0 Å². The third-order valence-electron chi connectivity index (χ3n) is 11.7. The molecule has 3 fully saturated rings. The molecule has 56 heavy (non-hydrogen) atoms. The van der Waals surface area contributed by atoms with Crippen molar-refractivity contribution in [3.05, 3.63) is 82.3 Å². The summed E-state index contributed by atoms with van der Waals surface area (Å²) in [7, 11) is 0. The van der Waals surface area contributed by atoms with E-state index < -0.39 is 11.9 Å². The van der Waals surface area contributed by atoms with Crippen molar-refractivity contribution < 1.29 is 28.7 Å². The van der Waals surface area contributed by atoms with Gasteiger partial charge in [0.15, 0.2) is 5.65 Å². The highest BCUT2D eigenvalue weighted by Crippen LogP contribution is 2.38. The minimum absolute atomic E-state index is 0.00181. The van der Waals surface area contributed by atoms with Crippen LogP contribution >= 0.6 is 0 Å². The van der Waals surface area contributed by atoms with Crippen molar-refractivity contribution in [1.82, 2.24) is 34.6 Å². The molecule has 0 bridgehead atoms. The van der Waals surface area contributed by atoms with Gasteiger partial charge in [0.2, 0.25) is 11.8 Å². The van der Waals surface area contributed by atoms with Crippen LogP contribution in [0.1, 0.15) is 87.3 Å². The molecular formula is C41H45N9O6. The normalized spacial score (nSPS) is 20.5. The van der Waals surface area contributed by atoms with Gasteiger partial charge in [-0.2, -0.15) is 5.10 Å². The number of carbonyl (C=O) groups excluding carboxylic acids is 5. The number of rotatable bonds is 9. The van der Waals surface area contributed by atoms with E-state index in [9.17, 15) is 24.0 Å². The van der Waals surface area contributed by atoms with Crippen LogP contribution in [-0.2, 0) is 22.7 Å². The van der Waals surface area contributed by atoms with Gasteiger partial charge in [0.05, 0.1) is 18.0 Å². The number of anilines is 2. The van der Waals surface area contributed by atoms with Gasteiger partial charge < -0.3 is 29.7 Å².